The number of amides is 1. The van der Waals surface area contributed by atoms with Gasteiger partial charge in [0.05, 0.1) is 0 Å². The van der Waals surface area contributed by atoms with Crippen LogP contribution in [0.2, 0.25) is 0 Å². The molecule has 0 saturated carbocycles. The van der Waals surface area contributed by atoms with Crippen molar-refractivity contribution in [3.8, 4) is 0 Å². The molecule has 1 N–H and O–H groups in total. The molecule has 5 rings (SSSR count). The summed E-state index contributed by atoms with van der Waals surface area (Å²) >= 11 is 0. The average molecular weight is 415 g/mol. The summed E-state index contributed by atoms with van der Waals surface area (Å²) < 4.78 is 0. The lowest BCUT2D eigenvalue weighted by atomic mass is 9.76. The Bertz CT molecular complexity index is 1210. The van der Waals surface area contributed by atoms with Crippen molar-refractivity contribution in [2.45, 2.75) is 5.54 Å². The predicted molar refractivity (Wildman–Crippen MR) is 126 cm³/mol. The molecule has 0 saturated heterocycles. The summed E-state index contributed by atoms with van der Waals surface area (Å²) in [6.45, 7) is 0. The molecule has 0 heterocycles. The second-order valence-electron chi connectivity index (χ2n) is 7.80. The Morgan fingerprint density at radius 2 is 1.12 bits per heavy atom. The number of nitrogens with one attached hydrogen (secondary N) is 1. The number of fused-ring (bicyclic) bond motifs is 1. The Morgan fingerprint density at radius 3 is 1.62 bits per heavy atom. The molecule has 1 aliphatic carbocycles. The molecule has 1 amide bonds. The highest BCUT2D eigenvalue weighted by Gasteiger charge is 2.38. The van der Waals surface area contributed by atoms with Crippen LogP contribution in [0.1, 0.15) is 43.0 Å². The normalized spacial score (nSPS) is 12.4. The highest BCUT2D eigenvalue weighted by Crippen LogP contribution is 2.37. The van der Waals surface area contributed by atoms with E-state index < -0.39 is 5.54 Å². The highest BCUT2D eigenvalue weighted by atomic mass is 16.2. The molecule has 1 aliphatic rings. The number of hydrogen-bond donors (Lipinski definition) is 1. The van der Waals surface area contributed by atoms with E-state index in [9.17, 15) is 9.59 Å². The van der Waals surface area contributed by atoms with Gasteiger partial charge in [-0.25, -0.2) is 0 Å². The number of carbonyl (C=O) groups excluding carboxylic acids is 2. The minimum atomic E-state index is -0.883. The SMILES string of the molecule is O=C(NC(c1ccccc1)(c1ccccc1)c1ccccc1)c1ccc2c(c1)C=CC2=O. The van der Waals surface area contributed by atoms with E-state index >= 15 is 0 Å². The second-order valence-corrected chi connectivity index (χ2v) is 7.80. The van der Waals surface area contributed by atoms with E-state index in [-0.39, 0.29) is 11.7 Å². The van der Waals surface area contributed by atoms with E-state index in [1.165, 1.54) is 6.08 Å². The van der Waals surface area contributed by atoms with E-state index in [0.29, 0.717) is 11.1 Å². The van der Waals surface area contributed by atoms with Gasteiger partial charge in [0, 0.05) is 11.1 Å². The molecular formula is C29H21NO2. The lowest BCUT2D eigenvalue weighted by Gasteiger charge is -2.37. The van der Waals surface area contributed by atoms with Crippen molar-refractivity contribution < 1.29 is 9.59 Å². The van der Waals surface area contributed by atoms with Crippen LogP contribution < -0.4 is 5.32 Å². The highest BCUT2D eigenvalue weighted by molar-refractivity contribution is 6.14. The van der Waals surface area contributed by atoms with E-state index in [1.54, 1.807) is 24.3 Å². The van der Waals surface area contributed by atoms with Gasteiger partial charge in [-0.2, -0.15) is 0 Å². The van der Waals surface area contributed by atoms with Crippen molar-refractivity contribution in [2.24, 2.45) is 0 Å². The smallest absolute Gasteiger partial charge is 0.252 e. The number of carbonyl (C=O) groups is 2. The largest absolute Gasteiger partial charge is 0.334 e. The molecule has 4 aromatic carbocycles. The van der Waals surface area contributed by atoms with Crippen molar-refractivity contribution in [3.05, 3.63) is 149 Å². The third kappa shape index (κ3) is 3.34. The minimum Gasteiger partial charge on any atom is -0.334 e. The minimum absolute atomic E-state index is 0.0286. The third-order valence-corrected chi connectivity index (χ3v) is 5.91. The standard InChI is InChI=1S/C29H21NO2/c31-27-19-17-21-20-22(16-18-26(21)27)28(32)30-29(23-10-4-1-5-11-23,24-12-6-2-7-13-24)25-14-8-3-9-15-25/h1-20H,(H,30,32). The van der Waals surface area contributed by atoms with Crippen LogP contribution in [0.4, 0.5) is 0 Å². The van der Waals surface area contributed by atoms with Gasteiger partial charge in [0.1, 0.15) is 5.54 Å². The lowest BCUT2D eigenvalue weighted by Crippen LogP contribution is -2.47. The number of rotatable bonds is 5. The van der Waals surface area contributed by atoms with Crippen molar-refractivity contribution in [1.82, 2.24) is 5.32 Å². The van der Waals surface area contributed by atoms with Crippen molar-refractivity contribution in [3.63, 3.8) is 0 Å². The fourth-order valence-corrected chi connectivity index (χ4v) is 4.34. The fourth-order valence-electron chi connectivity index (χ4n) is 4.34. The molecule has 0 aliphatic heterocycles. The second kappa shape index (κ2) is 8.12. The maximum atomic E-state index is 13.6. The van der Waals surface area contributed by atoms with Gasteiger partial charge in [-0.1, -0.05) is 97.1 Å². The summed E-state index contributed by atoms with van der Waals surface area (Å²) in [7, 11) is 0. The maximum Gasteiger partial charge on any atom is 0.252 e. The molecule has 0 spiro atoms. The summed E-state index contributed by atoms with van der Waals surface area (Å²) in [5.74, 6) is -0.240. The topological polar surface area (TPSA) is 46.2 Å². The van der Waals surface area contributed by atoms with Gasteiger partial charge in [-0.05, 0) is 46.5 Å². The molecule has 3 heteroatoms. The fraction of sp³-hybridized carbons (Fsp3) is 0.0345. The number of benzene rings is 4. The zero-order valence-corrected chi connectivity index (χ0v) is 17.4. The average Bonchev–Trinajstić information content (AvgIpc) is 3.24. The summed E-state index contributed by atoms with van der Waals surface area (Å²) in [5, 5.41) is 3.35. The van der Waals surface area contributed by atoms with Gasteiger partial charge in [0.15, 0.2) is 5.78 Å². The van der Waals surface area contributed by atoms with Crippen molar-refractivity contribution in [2.75, 3.05) is 0 Å². The van der Waals surface area contributed by atoms with Crippen molar-refractivity contribution >= 4 is 17.8 Å². The summed E-state index contributed by atoms with van der Waals surface area (Å²) in [6.07, 6.45) is 3.29. The quantitative estimate of drug-likeness (QED) is 0.430. The first-order chi connectivity index (χ1) is 15.7. The van der Waals surface area contributed by atoms with Crippen LogP contribution in [0.25, 0.3) is 6.08 Å². The molecule has 4 aromatic rings. The van der Waals surface area contributed by atoms with Crippen LogP contribution in [-0.2, 0) is 5.54 Å². The summed E-state index contributed by atoms with van der Waals surface area (Å²) in [6, 6.07) is 35.2. The molecule has 0 radical (unpaired) electrons. The lowest BCUT2D eigenvalue weighted by molar-refractivity contribution is 0.0923. The molecule has 0 atom stereocenters. The molecular weight excluding hydrogens is 394 g/mol. The number of ketones is 1. The molecule has 0 aromatic heterocycles. The first kappa shape index (κ1) is 19.7. The Balaban J connectivity index is 1.67. The first-order valence-corrected chi connectivity index (χ1v) is 10.5. The van der Waals surface area contributed by atoms with Crippen LogP contribution in [-0.4, -0.2) is 11.7 Å². The van der Waals surface area contributed by atoms with Gasteiger partial charge < -0.3 is 5.32 Å². The van der Waals surface area contributed by atoms with Crippen LogP contribution in [0, 0.1) is 0 Å². The van der Waals surface area contributed by atoms with Crippen LogP contribution in [0.3, 0.4) is 0 Å². The van der Waals surface area contributed by atoms with Gasteiger partial charge in [0.2, 0.25) is 0 Å². The van der Waals surface area contributed by atoms with E-state index in [1.807, 2.05) is 91.0 Å². The third-order valence-electron chi connectivity index (χ3n) is 5.91. The Morgan fingerprint density at radius 1 is 0.625 bits per heavy atom. The summed E-state index contributed by atoms with van der Waals surface area (Å²) in [4.78, 5) is 25.6. The first-order valence-electron chi connectivity index (χ1n) is 10.5. The monoisotopic (exact) mass is 415 g/mol. The molecule has 154 valence electrons. The van der Waals surface area contributed by atoms with E-state index in [2.05, 4.69) is 5.32 Å². The Hall–Kier alpha value is -4.24. The van der Waals surface area contributed by atoms with Gasteiger partial charge in [0.25, 0.3) is 5.91 Å². The molecule has 0 fully saturated rings. The number of allylic oxidation sites excluding steroid dienone is 1. The van der Waals surface area contributed by atoms with Gasteiger partial charge >= 0.3 is 0 Å². The van der Waals surface area contributed by atoms with Crippen molar-refractivity contribution in [1.29, 1.82) is 0 Å². The summed E-state index contributed by atoms with van der Waals surface area (Å²) in [5.41, 5.74) is 3.90. The van der Waals surface area contributed by atoms with Gasteiger partial charge in [-0.15, -0.1) is 0 Å². The maximum absolute atomic E-state index is 13.6. The van der Waals surface area contributed by atoms with Crippen LogP contribution in [0.5, 0.6) is 0 Å². The molecule has 32 heavy (non-hydrogen) atoms. The van der Waals surface area contributed by atoms with E-state index in [4.69, 9.17) is 0 Å². The van der Waals surface area contributed by atoms with Gasteiger partial charge in [-0.3, -0.25) is 9.59 Å². The Labute approximate surface area is 187 Å². The Kier molecular flexibility index (Phi) is 5.00. The zero-order chi connectivity index (χ0) is 22.0. The predicted octanol–water partition coefficient (Wildman–Crippen LogP) is 5.62. The van der Waals surface area contributed by atoms with Crippen LogP contribution in [0.15, 0.2) is 115 Å². The van der Waals surface area contributed by atoms with E-state index in [0.717, 1.165) is 22.3 Å². The molecule has 0 bridgehead atoms. The van der Waals surface area contributed by atoms with Crippen LogP contribution >= 0.6 is 0 Å². The zero-order valence-electron chi connectivity index (χ0n) is 17.4. The molecule has 0 unspecified atom stereocenters. The number of hydrogen-bond acceptors (Lipinski definition) is 2. The molecule has 3 nitrogen and oxygen atoms in total.